The first kappa shape index (κ1) is 18.2. The van der Waals surface area contributed by atoms with Gasteiger partial charge >= 0.3 is 6.03 Å². The van der Waals surface area contributed by atoms with Gasteiger partial charge < -0.3 is 20.3 Å². The summed E-state index contributed by atoms with van der Waals surface area (Å²) >= 11 is 0. The van der Waals surface area contributed by atoms with Crippen molar-refractivity contribution in [1.82, 2.24) is 5.32 Å². The van der Waals surface area contributed by atoms with Gasteiger partial charge in [0.2, 0.25) is 5.91 Å². The number of rotatable bonds is 5. The van der Waals surface area contributed by atoms with E-state index >= 15 is 0 Å². The minimum absolute atomic E-state index is 0.0965. The van der Waals surface area contributed by atoms with E-state index in [4.69, 9.17) is 4.74 Å². The molecule has 3 rings (SSSR count). The number of anilines is 2. The minimum Gasteiger partial charge on any atom is -0.497 e. The molecule has 0 aromatic heterocycles. The lowest BCUT2D eigenvalue weighted by Crippen LogP contribution is -2.39. The van der Waals surface area contributed by atoms with Crippen LogP contribution < -0.4 is 20.3 Å². The number of urea groups is 1. The first-order chi connectivity index (χ1) is 13.0. The van der Waals surface area contributed by atoms with Crippen LogP contribution in [0.3, 0.4) is 0 Å². The standard InChI is InChI=1S/C18H18N4O5/c1-27-16-7-5-14(6-8-16)21-11-13(10-17(21)23)20-18(24)19-12-3-2-4-15(9-12)22(25)26/h2-9,13H,10-11H2,1H3,(H2,19,20,24). The number of nitro groups is 1. The Kier molecular flexibility index (Phi) is 5.20. The Bertz CT molecular complexity index is 868. The summed E-state index contributed by atoms with van der Waals surface area (Å²) in [6, 6.07) is 11.8. The quantitative estimate of drug-likeness (QED) is 0.620. The average Bonchev–Trinajstić information content (AvgIpc) is 3.01. The molecule has 2 aromatic carbocycles. The lowest BCUT2D eigenvalue weighted by atomic mass is 10.2. The molecule has 3 amide bonds. The summed E-state index contributed by atoms with van der Waals surface area (Å²) in [5.41, 5.74) is 0.914. The Balaban J connectivity index is 1.59. The lowest BCUT2D eigenvalue weighted by Gasteiger charge is -2.17. The highest BCUT2D eigenvalue weighted by Gasteiger charge is 2.31. The molecule has 27 heavy (non-hydrogen) atoms. The molecule has 1 atom stereocenters. The van der Waals surface area contributed by atoms with Crippen molar-refractivity contribution in [2.45, 2.75) is 12.5 Å². The van der Waals surface area contributed by atoms with Crippen molar-refractivity contribution in [2.24, 2.45) is 0 Å². The van der Waals surface area contributed by atoms with E-state index in [-0.39, 0.29) is 24.1 Å². The number of nitrogens with zero attached hydrogens (tertiary/aromatic N) is 2. The van der Waals surface area contributed by atoms with Crippen molar-refractivity contribution >= 4 is 29.0 Å². The fourth-order valence-electron chi connectivity index (χ4n) is 2.87. The van der Waals surface area contributed by atoms with Crippen LogP contribution in [-0.2, 0) is 4.79 Å². The second-order valence-corrected chi connectivity index (χ2v) is 6.01. The number of non-ortho nitro benzene ring substituents is 1. The van der Waals surface area contributed by atoms with Crippen molar-refractivity contribution in [3.05, 3.63) is 58.6 Å². The van der Waals surface area contributed by atoms with Gasteiger partial charge in [-0.15, -0.1) is 0 Å². The summed E-state index contributed by atoms with van der Waals surface area (Å²) in [6.07, 6.45) is 0.175. The van der Waals surface area contributed by atoms with Gasteiger partial charge in [-0.05, 0) is 30.3 Å². The van der Waals surface area contributed by atoms with Gasteiger partial charge in [-0.25, -0.2) is 4.79 Å². The summed E-state index contributed by atoms with van der Waals surface area (Å²) in [5, 5.41) is 16.1. The van der Waals surface area contributed by atoms with Crippen LogP contribution in [0.5, 0.6) is 5.75 Å². The van der Waals surface area contributed by atoms with Crippen molar-refractivity contribution in [3.8, 4) is 5.75 Å². The molecule has 9 nitrogen and oxygen atoms in total. The monoisotopic (exact) mass is 370 g/mol. The smallest absolute Gasteiger partial charge is 0.319 e. The minimum atomic E-state index is -0.536. The highest BCUT2D eigenvalue weighted by atomic mass is 16.6. The van der Waals surface area contributed by atoms with Gasteiger partial charge in [0.15, 0.2) is 0 Å². The number of nitro benzene ring substituents is 1. The average molecular weight is 370 g/mol. The number of hydrogen-bond acceptors (Lipinski definition) is 5. The van der Waals surface area contributed by atoms with Gasteiger partial charge in [-0.1, -0.05) is 6.07 Å². The van der Waals surface area contributed by atoms with Crippen molar-refractivity contribution in [1.29, 1.82) is 0 Å². The second-order valence-electron chi connectivity index (χ2n) is 6.01. The fourth-order valence-corrected chi connectivity index (χ4v) is 2.87. The highest BCUT2D eigenvalue weighted by Crippen LogP contribution is 2.24. The van der Waals surface area contributed by atoms with Crippen LogP contribution in [0.1, 0.15) is 6.42 Å². The van der Waals surface area contributed by atoms with Crippen LogP contribution in [0.4, 0.5) is 21.9 Å². The zero-order valence-electron chi connectivity index (χ0n) is 14.5. The third kappa shape index (κ3) is 4.32. The van der Waals surface area contributed by atoms with Gasteiger partial charge in [0, 0.05) is 36.5 Å². The number of ether oxygens (including phenoxy) is 1. The molecule has 1 aliphatic rings. The Morgan fingerprint density at radius 3 is 2.67 bits per heavy atom. The molecule has 0 spiro atoms. The zero-order valence-corrected chi connectivity index (χ0v) is 14.5. The summed E-state index contributed by atoms with van der Waals surface area (Å²) in [6.45, 7) is 0.341. The van der Waals surface area contributed by atoms with Crippen LogP contribution >= 0.6 is 0 Å². The Labute approximate surface area is 155 Å². The molecule has 1 unspecified atom stereocenters. The Hall–Kier alpha value is -3.62. The van der Waals surface area contributed by atoms with Crippen molar-refractivity contribution in [3.63, 3.8) is 0 Å². The number of carbonyl (C=O) groups excluding carboxylic acids is 2. The van der Waals surface area contributed by atoms with Gasteiger partial charge in [-0.3, -0.25) is 14.9 Å². The molecule has 0 saturated carbocycles. The largest absolute Gasteiger partial charge is 0.497 e. The number of methoxy groups -OCH3 is 1. The number of hydrogen-bond donors (Lipinski definition) is 2. The lowest BCUT2D eigenvalue weighted by molar-refractivity contribution is -0.384. The molecular weight excluding hydrogens is 352 g/mol. The Morgan fingerprint density at radius 2 is 2.00 bits per heavy atom. The molecule has 1 heterocycles. The van der Waals surface area contributed by atoms with E-state index in [1.54, 1.807) is 42.3 Å². The Morgan fingerprint density at radius 1 is 1.26 bits per heavy atom. The van der Waals surface area contributed by atoms with E-state index in [0.717, 1.165) is 5.69 Å². The molecule has 1 aliphatic heterocycles. The molecule has 9 heteroatoms. The maximum absolute atomic E-state index is 12.2. The van der Waals surface area contributed by atoms with E-state index in [9.17, 15) is 19.7 Å². The van der Waals surface area contributed by atoms with Crippen LogP contribution in [0.2, 0.25) is 0 Å². The predicted molar refractivity (Wildman–Crippen MR) is 99.0 cm³/mol. The van der Waals surface area contributed by atoms with E-state index in [1.807, 2.05) is 0 Å². The summed E-state index contributed by atoms with van der Waals surface area (Å²) < 4.78 is 5.10. The fraction of sp³-hybridized carbons (Fsp3) is 0.222. The maximum atomic E-state index is 12.2. The number of amides is 3. The van der Waals surface area contributed by atoms with E-state index < -0.39 is 11.0 Å². The number of carbonyl (C=O) groups is 2. The topological polar surface area (TPSA) is 114 Å². The second kappa shape index (κ2) is 7.73. The van der Waals surface area contributed by atoms with Crippen molar-refractivity contribution < 1.29 is 19.2 Å². The van der Waals surface area contributed by atoms with Crippen LogP contribution in [0.25, 0.3) is 0 Å². The first-order valence-corrected chi connectivity index (χ1v) is 8.22. The van der Waals surface area contributed by atoms with Crippen LogP contribution in [-0.4, -0.2) is 36.6 Å². The summed E-state index contributed by atoms with van der Waals surface area (Å²) in [5.74, 6) is 0.595. The maximum Gasteiger partial charge on any atom is 0.319 e. The van der Waals surface area contributed by atoms with Gasteiger partial charge in [0.05, 0.1) is 18.1 Å². The third-order valence-corrected chi connectivity index (χ3v) is 4.16. The highest BCUT2D eigenvalue weighted by molar-refractivity contribution is 5.97. The molecular formula is C18H18N4O5. The molecule has 140 valence electrons. The summed E-state index contributed by atoms with van der Waals surface area (Å²) in [4.78, 5) is 36.2. The van der Waals surface area contributed by atoms with E-state index in [1.165, 1.54) is 18.2 Å². The zero-order chi connectivity index (χ0) is 19.4. The summed E-state index contributed by atoms with van der Waals surface area (Å²) in [7, 11) is 1.57. The van der Waals surface area contributed by atoms with Gasteiger partial charge in [0.1, 0.15) is 5.75 Å². The first-order valence-electron chi connectivity index (χ1n) is 8.22. The van der Waals surface area contributed by atoms with Gasteiger partial charge in [-0.2, -0.15) is 0 Å². The molecule has 2 aromatic rings. The molecule has 1 fully saturated rings. The van der Waals surface area contributed by atoms with Crippen LogP contribution in [0, 0.1) is 10.1 Å². The number of nitrogens with one attached hydrogen (secondary N) is 2. The van der Waals surface area contributed by atoms with Crippen molar-refractivity contribution in [2.75, 3.05) is 23.9 Å². The molecule has 0 bridgehead atoms. The number of benzene rings is 2. The van der Waals surface area contributed by atoms with Gasteiger partial charge in [0.25, 0.3) is 5.69 Å². The molecule has 2 N–H and O–H groups in total. The predicted octanol–water partition coefficient (Wildman–Crippen LogP) is 2.53. The third-order valence-electron chi connectivity index (χ3n) is 4.16. The SMILES string of the molecule is COc1ccc(N2CC(NC(=O)Nc3cccc([N+](=O)[O-])c3)CC2=O)cc1. The molecule has 0 aliphatic carbocycles. The normalized spacial score (nSPS) is 16.1. The molecule has 0 radical (unpaired) electrons. The van der Waals surface area contributed by atoms with E-state index in [0.29, 0.717) is 18.0 Å². The van der Waals surface area contributed by atoms with E-state index in [2.05, 4.69) is 10.6 Å². The molecule has 1 saturated heterocycles. The van der Waals surface area contributed by atoms with Crippen LogP contribution in [0.15, 0.2) is 48.5 Å².